The molecule has 0 saturated heterocycles. The second-order valence-corrected chi connectivity index (χ2v) is 6.61. The van der Waals surface area contributed by atoms with Crippen molar-refractivity contribution in [2.75, 3.05) is 5.32 Å². The molecular formula is C20H17N3OS. The van der Waals surface area contributed by atoms with Gasteiger partial charge in [-0.05, 0) is 58.8 Å². The third-order valence-electron chi connectivity index (χ3n) is 4.21. The maximum absolute atomic E-state index is 12.7. The number of nitrogens with one attached hydrogen (secondary N) is 1. The van der Waals surface area contributed by atoms with Crippen molar-refractivity contribution in [3.05, 3.63) is 83.4 Å². The number of pyridine rings is 1. The molecule has 0 aliphatic heterocycles. The van der Waals surface area contributed by atoms with E-state index in [0.29, 0.717) is 6.42 Å². The molecule has 5 heteroatoms. The van der Waals surface area contributed by atoms with E-state index in [1.165, 1.54) is 0 Å². The van der Waals surface area contributed by atoms with Crippen LogP contribution in [0.15, 0.2) is 77.9 Å². The van der Waals surface area contributed by atoms with Gasteiger partial charge in [0.15, 0.2) is 0 Å². The molecule has 1 N–H and O–H groups in total. The summed E-state index contributed by atoms with van der Waals surface area (Å²) in [6.45, 7) is 0. The first-order valence-corrected chi connectivity index (χ1v) is 9.04. The Morgan fingerprint density at radius 1 is 1.12 bits per heavy atom. The van der Waals surface area contributed by atoms with Gasteiger partial charge in [0.25, 0.3) is 0 Å². The van der Waals surface area contributed by atoms with E-state index in [4.69, 9.17) is 0 Å². The van der Waals surface area contributed by atoms with Crippen molar-refractivity contribution < 1.29 is 4.79 Å². The average Bonchev–Trinajstić information content (AvgIpc) is 3.34. The van der Waals surface area contributed by atoms with Crippen LogP contribution in [-0.2, 0) is 4.79 Å². The number of benzene rings is 1. The number of fused-ring (bicyclic) bond motifs is 1. The molecule has 0 aliphatic rings. The van der Waals surface area contributed by atoms with Crippen LogP contribution in [0.4, 0.5) is 5.69 Å². The third-order valence-corrected chi connectivity index (χ3v) is 4.92. The molecule has 0 bridgehead atoms. The molecule has 3 heterocycles. The van der Waals surface area contributed by atoms with Crippen LogP contribution in [0.5, 0.6) is 0 Å². The molecule has 124 valence electrons. The van der Waals surface area contributed by atoms with Crippen LogP contribution in [0, 0.1) is 0 Å². The summed E-state index contributed by atoms with van der Waals surface area (Å²) in [7, 11) is 0. The summed E-state index contributed by atoms with van der Waals surface area (Å²) in [5, 5.41) is 8.14. The Kier molecular flexibility index (Phi) is 4.31. The number of amides is 1. The molecule has 1 aromatic carbocycles. The summed E-state index contributed by atoms with van der Waals surface area (Å²) in [4.78, 5) is 17.1. The summed E-state index contributed by atoms with van der Waals surface area (Å²) >= 11 is 1.64. The minimum absolute atomic E-state index is 0.00523. The van der Waals surface area contributed by atoms with Crippen LogP contribution in [0.2, 0.25) is 0 Å². The summed E-state index contributed by atoms with van der Waals surface area (Å²) in [6.07, 6.45) is 6.13. The number of hydrogen-bond donors (Lipinski definition) is 1. The molecule has 4 aromatic rings. The molecule has 3 aromatic heterocycles. The Morgan fingerprint density at radius 2 is 2.00 bits per heavy atom. The Balaban J connectivity index is 1.58. The van der Waals surface area contributed by atoms with Crippen molar-refractivity contribution in [2.24, 2.45) is 0 Å². The molecule has 0 spiro atoms. The maximum atomic E-state index is 12.7. The predicted molar refractivity (Wildman–Crippen MR) is 102 cm³/mol. The summed E-state index contributed by atoms with van der Waals surface area (Å²) in [5.41, 5.74) is 2.82. The zero-order valence-electron chi connectivity index (χ0n) is 13.5. The SMILES string of the molecule is O=C(C[C@H](c1ccsc1)n1cccc1)Nc1cccc2ncccc12. The van der Waals surface area contributed by atoms with Crippen molar-refractivity contribution in [1.82, 2.24) is 9.55 Å². The fourth-order valence-electron chi connectivity index (χ4n) is 3.00. The van der Waals surface area contributed by atoms with E-state index < -0.39 is 0 Å². The summed E-state index contributed by atoms with van der Waals surface area (Å²) in [6, 6.07) is 15.6. The smallest absolute Gasteiger partial charge is 0.226 e. The highest BCUT2D eigenvalue weighted by molar-refractivity contribution is 7.08. The van der Waals surface area contributed by atoms with Gasteiger partial charge < -0.3 is 9.88 Å². The fraction of sp³-hybridized carbons (Fsp3) is 0.100. The van der Waals surface area contributed by atoms with Gasteiger partial charge in [-0.15, -0.1) is 0 Å². The predicted octanol–water partition coefficient (Wildman–Crippen LogP) is 4.72. The fourth-order valence-corrected chi connectivity index (χ4v) is 3.71. The van der Waals surface area contributed by atoms with E-state index in [-0.39, 0.29) is 11.9 Å². The molecule has 0 saturated carbocycles. The maximum Gasteiger partial charge on any atom is 0.226 e. The number of nitrogens with zero attached hydrogens (tertiary/aromatic N) is 2. The first-order valence-electron chi connectivity index (χ1n) is 8.09. The number of carbonyl (C=O) groups excluding carboxylic acids is 1. The van der Waals surface area contributed by atoms with Gasteiger partial charge in [-0.3, -0.25) is 9.78 Å². The quantitative estimate of drug-likeness (QED) is 0.568. The molecule has 0 aliphatic carbocycles. The lowest BCUT2D eigenvalue weighted by Gasteiger charge is -2.18. The van der Waals surface area contributed by atoms with Gasteiger partial charge in [0.05, 0.1) is 23.7 Å². The van der Waals surface area contributed by atoms with Crippen molar-refractivity contribution >= 4 is 33.8 Å². The van der Waals surface area contributed by atoms with Gasteiger partial charge in [-0.2, -0.15) is 11.3 Å². The van der Waals surface area contributed by atoms with E-state index in [1.54, 1.807) is 17.5 Å². The van der Waals surface area contributed by atoms with Gasteiger partial charge in [-0.25, -0.2) is 0 Å². The van der Waals surface area contributed by atoms with Crippen LogP contribution < -0.4 is 5.32 Å². The normalized spacial score (nSPS) is 12.2. The van der Waals surface area contributed by atoms with Crippen LogP contribution >= 0.6 is 11.3 Å². The summed E-state index contributed by atoms with van der Waals surface area (Å²) < 4.78 is 2.08. The first kappa shape index (κ1) is 15.6. The first-order chi connectivity index (χ1) is 12.3. The molecular weight excluding hydrogens is 330 g/mol. The minimum Gasteiger partial charge on any atom is -0.346 e. The Morgan fingerprint density at radius 3 is 2.80 bits per heavy atom. The van der Waals surface area contributed by atoms with Gasteiger partial charge in [0.1, 0.15) is 0 Å². The molecule has 4 nitrogen and oxygen atoms in total. The highest BCUT2D eigenvalue weighted by Crippen LogP contribution is 2.26. The zero-order valence-corrected chi connectivity index (χ0v) is 14.3. The molecule has 1 atom stereocenters. The molecule has 0 radical (unpaired) electrons. The van der Waals surface area contributed by atoms with E-state index in [1.807, 2.05) is 60.2 Å². The van der Waals surface area contributed by atoms with E-state index in [2.05, 4.69) is 26.3 Å². The van der Waals surface area contributed by atoms with Crippen LogP contribution in [0.25, 0.3) is 10.9 Å². The zero-order chi connectivity index (χ0) is 17.1. The highest BCUT2D eigenvalue weighted by Gasteiger charge is 2.18. The van der Waals surface area contributed by atoms with Gasteiger partial charge in [0.2, 0.25) is 5.91 Å². The van der Waals surface area contributed by atoms with E-state index in [0.717, 1.165) is 22.2 Å². The van der Waals surface area contributed by atoms with Gasteiger partial charge >= 0.3 is 0 Å². The number of rotatable bonds is 5. The number of anilines is 1. The monoisotopic (exact) mass is 347 g/mol. The number of thiophene rings is 1. The average molecular weight is 347 g/mol. The van der Waals surface area contributed by atoms with Crippen molar-refractivity contribution in [2.45, 2.75) is 12.5 Å². The van der Waals surface area contributed by atoms with Crippen molar-refractivity contribution in [1.29, 1.82) is 0 Å². The largest absolute Gasteiger partial charge is 0.346 e. The van der Waals surface area contributed by atoms with Crippen molar-refractivity contribution in [3.8, 4) is 0 Å². The molecule has 25 heavy (non-hydrogen) atoms. The van der Waals surface area contributed by atoms with Crippen LogP contribution in [0.1, 0.15) is 18.0 Å². The third kappa shape index (κ3) is 3.32. The second-order valence-electron chi connectivity index (χ2n) is 5.83. The molecule has 4 rings (SSSR count). The Labute approximate surface area is 149 Å². The van der Waals surface area contributed by atoms with Crippen LogP contribution in [-0.4, -0.2) is 15.5 Å². The molecule has 0 fully saturated rings. The number of carbonyl (C=O) groups is 1. The van der Waals surface area contributed by atoms with E-state index in [9.17, 15) is 4.79 Å². The van der Waals surface area contributed by atoms with Crippen molar-refractivity contribution in [3.63, 3.8) is 0 Å². The summed E-state index contributed by atoms with van der Waals surface area (Å²) in [5.74, 6) is -0.0127. The minimum atomic E-state index is -0.0127. The van der Waals surface area contributed by atoms with E-state index >= 15 is 0 Å². The molecule has 0 unspecified atom stereocenters. The van der Waals surface area contributed by atoms with Gasteiger partial charge in [-0.1, -0.05) is 6.07 Å². The lowest BCUT2D eigenvalue weighted by atomic mass is 10.1. The molecule has 1 amide bonds. The number of aromatic nitrogens is 2. The number of hydrogen-bond acceptors (Lipinski definition) is 3. The standard InChI is InChI=1S/C20H17N3OS/c24-20(22-18-7-3-6-17-16(18)5-4-9-21-17)13-19(15-8-12-25-14-15)23-10-1-2-11-23/h1-12,14,19H,13H2,(H,22,24)/t19-/m1/s1. The van der Waals surface area contributed by atoms with Gasteiger partial charge in [0, 0.05) is 24.0 Å². The second kappa shape index (κ2) is 6.91. The lowest BCUT2D eigenvalue weighted by molar-refractivity contribution is -0.116. The Bertz CT molecular complexity index is 938. The highest BCUT2D eigenvalue weighted by atomic mass is 32.1. The topological polar surface area (TPSA) is 46.9 Å². The van der Waals surface area contributed by atoms with Crippen LogP contribution in [0.3, 0.4) is 0 Å². The Hall–Kier alpha value is -2.92. The lowest BCUT2D eigenvalue weighted by Crippen LogP contribution is -2.19.